The largest absolute Gasteiger partial charge is 0.377 e. The summed E-state index contributed by atoms with van der Waals surface area (Å²) >= 11 is 0. The van der Waals surface area contributed by atoms with Gasteiger partial charge in [-0.15, -0.1) is 0 Å². The van der Waals surface area contributed by atoms with Crippen LogP contribution in [0.4, 0.5) is 0 Å². The fourth-order valence-corrected chi connectivity index (χ4v) is 1.49. The molecule has 1 saturated heterocycles. The molecule has 0 saturated carbocycles. The number of rotatable bonds is 5. The summed E-state index contributed by atoms with van der Waals surface area (Å²) in [5.41, 5.74) is 0. The first-order valence-corrected chi connectivity index (χ1v) is 5.45. The van der Waals surface area contributed by atoms with Gasteiger partial charge in [-0.2, -0.15) is 0 Å². The number of allylic oxidation sites excluding steroid dienone is 3. The third-order valence-electron chi connectivity index (χ3n) is 2.33. The molecule has 1 heterocycles. The van der Waals surface area contributed by atoms with Crippen LogP contribution in [0.1, 0.15) is 32.6 Å². The van der Waals surface area contributed by atoms with Crippen LogP contribution in [-0.4, -0.2) is 23.8 Å². The molecule has 0 spiro atoms. The molecule has 0 aromatic carbocycles. The summed E-state index contributed by atoms with van der Waals surface area (Å²) in [6, 6.07) is 0. The average molecular weight is 193 g/mol. The minimum atomic E-state index is 0.102. The molecule has 2 heteroatoms. The van der Waals surface area contributed by atoms with E-state index in [1.165, 1.54) is 12.8 Å². The van der Waals surface area contributed by atoms with Crippen LogP contribution in [-0.2, 0) is 4.79 Å². The summed E-state index contributed by atoms with van der Waals surface area (Å²) in [4.78, 5) is 13.5. The first kappa shape index (κ1) is 11.0. The zero-order chi connectivity index (χ0) is 10.2. The Labute approximate surface area is 86.3 Å². The molecular formula is C12H19NO. The zero-order valence-corrected chi connectivity index (χ0v) is 8.91. The average Bonchev–Trinajstić information content (AvgIpc) is 2.68. The fourth-order valence-electron chi connectivity index (χ4n) is 1.49. The molecule has 2 nitrogen and oxygen atoms in total. The summed E-state index contributed by atoms with van der Waals surface area (Å²) in [6.07, 6.45) is 11.8. The highest BCUT2D eigenvalue weighted by Crippen LogP contribution is 2.07. The van der Waals surface area contributed by atoms with Gasteiger partial charge in [0.25, 0.3) is 0 Å². The van der Waals surface area contributed by atoms with Crippen molar-refractivity contribution in [3.63, 3.8) is 0 Å². The maximum atomic E-state index is 11.3. The van der Waals surface area contributed by atoms with Crippen molar-refractivity contribution in [2.24, 2.45) is 0 Å². The van der Waals surface area contributed by atoms with E-state index in [4.69, 9.17) is 0 Å². The van der Waals surface area contributed by atoms with Gasteiger partial charge in [-0.05, 0) is 25.3 Å². The highest BCUT2D eigenvalue weighted by atomic mass is 16.1. The SMILES string of the molecule is CCCC=CC(=O)C=CN1CCCC1. The predicted molar refractivity (Wildman–Crippen MR) is 59.0 cm³/mol. The second-order valence-electron chi connectivity index (χ2n) is 3.65. The van der Waals surface area contributed by atoms with Crippen molar-refractivity contribution < 1.29 is 4.79 Å². The van der Waals surface area contributed by atoms with Gasteiger partial charge < -0.3 is 4.90 Å². The molecule has 0 aromatic rings. The fraction of sp³-hybridized carbons (Fsp3) is 0.583. The molecule has 1 aliphatic heterocycles. The third kappa shape index (κ3) is 4.26. The molecule has 78 valence electrons. The Bertz CT molecular complexity index is 224. The number of carbonyl (C=O) groups is 1. The Hall–Kier alpha value is -1.05. The van der Waals surface area contributed by atoms with Crippen LogP contribution in [0.5, 0.6) is 0 Å². The Morgan fingerprint density at radius 3 is 2.64 bits per heavy atom. The number of hydrogen-bond donors (Lipinski definition) is 0. The van der Waals surface area contributed by atoms with Gasteiger partial charge in [-0.3, -0.25) is 4.79 Å². The minimum Gasteiger partial charge on any atom is -0.377 e. The van der Waals surface area contributed by atoms with Crippen molar-refractivity contribution >= 4 is 5.78 Å². The minimum absolute atomic E-state index is 0.102. The van der Waals surface area contributed by atoms with Crippen molar-refractivity contribution in [1.82, 2.24) is 4.90 Å². The highest BCUT2D eigenvalue weighted by Gasteiger charge is 2.06. The number of likely N-dealkylation sites (tertiary alicyclic amines) is 1. The van der Waals surface area contributed by atoms with Crippen molar-refractivity contribution in [3.8, 4) is 0 Å². The zero-order valence-electron chi connectivity index (χ0n) is 8.91. The van der Waals surface area contributed by atoms with Gasteiger partial charge in [0.15, 0.2) is 5.78 Å². The Morgan fingerprint density at radius 2 is 2.00 bits per heavy atom. The molecule has 0 bridgehead atoms. The molecule has 0 unspecified atom stereocenters. The van der Waals surface area contributed by atoms with Crippen molar-refractivity contribution in [2.75, 3.05) is 13.1 Å². The van der Waals surface area contributed by atoms with Gasteiger partial charge in [0, 0.05) is 25.4 Å². The topological polar surface area (TPSA) is 20.3 Å². The lowest BCUT2D eigenvalue weighted by Gasteiger charge is -2.08. The van der Waals surface area contributed by atoms with E-state index in [0.29, 0.717) is 0 Å². The summed E-state index contributed by atoms with van der Waals surface area (Å²) in [7, 11) is 0. The van der Waals surface area contributed by atoms with Crippen LogP contribution >= 0.6 is 0 Å². The van der Waals surface area contributed by atoms with Gasteiger partial charge >= 0.3 is 0 Å². The number of carbonyl (C=O) groups excluding carboxylic acids is 1. The Kier molecular flexibility index (Phi) is 5.05. The molecule has 0 amide bonds. The second-order valence-corrected chi connectivity index (χ2v) is 3.65. The van der Waals surface area contributed by atoms with E-state index in [-0.39, 0.29) is 5.78 Å². The van der Waals surface area contributed by atoms with E-state index in [2.05, 4.69) is 11.8 Å². The molecule has 1 fully saturated rings. The highest BCUT2D eigenvalue weighted by molar-refractivity contribution is 5.99. The predicted octanol–water partition coefficient (Wildman–Crippen LogP) is 2.52. The summed E-state index contributed by atoms with van der Waals surface area (Å²) in [6.45, 7) is 4.31. The van der Waals surface area contributed by atoms with Crippen molar-refractivity contribution in [2.45, 2.75) is 32.6 Å². The van der Waals surface area contributed by atoms with E-state index in [1.54, 1.807) is 12.2 Å². The van der Waals surface area contributed by atoms with Gasteiger partial charge in [-0.25, -0.2) is 0 Å². The molecule has 0 radical (unpaired) electrons. The van der Waals surface area contributed by atoms with Gasteiger partial charge in [-0.1, -0.05) is 19.4 Å². The van der Waals surface area contributed by atoms with Crippen molar-refractivity contribution in [1.29, 1.82) is 0 Å². The van der Waals surface area contributed by atoms with E-state index >= 15 is 0 Å². The van der Waals surface area contributed by atoms with E-state index in [0.717, 1.165) is 25.9 Å². The number of ketones is 1. The lowest BCUT2D eigenvalue weighted by molar-refractivity contribution is -0.110. The Balaban J connectivity index is 2.24. The molecule has 0 atom stereocenters. The van der Waals surface area contributed by atoms with E-state index in [1.807, 2.05) is 12.3 Å². The molecule has 14 heavy (non-hydrogen) atoms. The second kappa shape index (κ2) is 6.41. The number of hydrogen-bond acceptors (Lipinski definition) is 2. The van der Waals surface area contributed by atoms with Crippen LogP contribution in [0.2, 0.25) is 0 Å². The number of nitrogens with zero attached hydrogens (tertiary/aromatic N) is 1. The van der Waals surface area contributed by atoms with E-state index < -0.39 is 0 Å². The molecular weight excluding hydrogens is 174 g/mol. The van der Waals surface area contributed by atoms with Crippen LogP contribution in [0.15, 0.2) is 24.4 Å². The van der Waals surface area contributed by atoms with Gasteiger partial charge in [0.2, 0.25) is 0 Å². The standard InChI is InChI=1S/C12H19NO/c1-2-3-4-7-12(14)8-11-13-9-5-6-10-13/h4,7-8,11H,2-3,5-6,9-10H2,1H3. The summed E-state index contributed by atoms with van der Waals surface area (Å²) < 4.78 is 0. The summed E-state index contributed by atoms with van der Waals surface area (Å²) in [5, 5.41) is 0. The molecule has 1 aliphatic rings. The molecule has 1 rings (SSSR count). The van der Waals surface area contributed by atoms with Crippen LogP contribution < -0.4 is 0 Å². The first-order valence-electron chi connectivity index (χ1n) is 5.45. The molecule has 0 aromatic heterocycles. The van der Waals surface area contributed by atoms with Gasteiger partial charge in [0.05, 0.1) is 0 Å². The maximum absolute atomic E-state index is 11.3. The van der Waals surface area contributed by atoms with Crippen molar-refractivity contribution in [3.05, 3.63) is 24.4 Å². The van der Waals surface area contributed by atoms with E-state index in [9.17, 15) is 4.79 Å². The third-order valence-corrected chi connectivity index (χ3v) is 2.33. The lowest BCUT2D eigenvalue weighted by atomic mass is 10.2. The number of unbranched alkanes of at least 4 members (excludes halogenated alkanes) is 1. The normalized spacial score (nSPS) is 17.4. The maximum Gasteiger partial charge on any atom is 0.179 e. The first-order chi connectivity index (χ1) is 6.83. The smallest absolute Gasteiger partial charge is 0.179 e. The lowest BCUT2D eigenvalue weighted by Crippen LogP contribution is -2.10. The monoisotopic (exact) mass is 193 g/mol. The molecule has 0 aliphatic carbocycles. The van der Waals surface area contributed by atoms with Crippen LogP contribution in [0.3, 0.4) is 0 Å². The summed E-state index contributed by atoms with van der Waals surface area (Å²) in [5.74, 6) is 0.102. The molecule has 0 N–H and O–H groups in total. The van der Waals surface area contributed by atoms with Gasteiger partial charge in [0.1, 0.15) is 0 Å². The van der Waals surface area contributed by atoms with Crippen LogP contribution in [0, 0.1) is 0 Å². The Morgan fingerprint density at radius 1 is 1.29 bits per heavy atom. The van der Waals surface area contributed by atoms with Crippen LogP contribution in [0.25, 0.3) is 0 Å². The quantitative estimate of drug-likeness (QED) is 0.625.